The summed E-state index contributed by atoms with van der Waals surface area (Å²) >= 11 is 0. The molecule has 142 valence electrons. The first-order valence-electron chi connectivity index (χ1n) is 9.15. The Labute approximate surface area is 158 Å². The van der Waals surface area contributed by atoms with Gasteiger partial charge >= 0.3 is 0 Å². The third-order valence-corrected chi connectivity index (χ3v) is 7.21. The Morgan fingerprint density at radius 1 is 1.04 bits per heavy atom. The lowest BCUT2D eigenvalue weighted by Gasteiger charge is -2.23. The Bertz CT molecular complexity index is 973. The number of carbonyl (C=O) groups is 1. The van der Waals surface area contributed by atoms with E-state index >= 15 is 0 Å². The number of nitrogens with one attached hydrogen (secondary N) is 1. The number of nitrogens with zero attached hydrogens (tertiary/aromatic N) is 1. The van der Waals surface area contributed by atoms with Gasteiger partial charge in [0.15, 0.2) is 0 Å². The van der Waals surface area contributed by atoms with Gasteiger partial charge in [0.05, 0.1) is 4.90 Å². The van der Waals surface area contributed by atoms with Gasteiger partial charge in [-0.1, -0.05) is 6.07 Å². The van der Waals surface area contributed by atoms with Gasteiger partial charge in [0.1, 0.15) is 11.9 Å². The zero-order valence-corrected chi connectivity index (χ0v) is 15.6. The van der Waals surface area contributed by atoms with Crippen molar-refractivity contribution in [2.75, 3.05) is 11.9 Å². The Kier molecular flexibility index (Phi) is 4.74. The van der Waals surface area contributed by atoms with Crippen LogP contribution in [0.3, 0.4) is 0 Å². The van der Waals surface area contributed by atoms with Crippen molar-refractivity contribution in [2.45, 2.75) is 43.0 Å². The molecule has 4 rings (SSSR count). The number of sulfonamides is 1. The molecule has 27 heavy (non-hydrogen) atoms. The van der Waals surface area contributed by atoms with E-state index in [1.165, 1.54) is 27.6 Å². The largest absolute Gasteiger partial charge is 0.325 e. The van der Waals surface area contributed by atoms with E-state index in [2.05, 4.69) is 5.32 Å². The molecular formula is C20H21FN2O3S. The molecule has 5 nitrogen and oxygen atoms in total. The molecule has 1 aliphatic carbocycles. The van der Waals surface area contributed by atoms with Crippen LogP contribution in [0.15, 0.2) is 47.4 Å². The van der Waals surface area contributed by atoms with Gasteiger partial charge in [0, 0.05) is 12.2 Å². The van der Waals surface area contributed by atoms with Gasteiger partial charge in [0.2, 0.25) is 15.9 Å². The molecule has 1 amide bonds. The molecule has 2 aromatic rings. The summed E-state index contributed by atoms with van der Waals surface area (Å²) in [6, 6.07) is 9.82. The van der Waals surface area contributed by atoms with Crippen molar-refractivity contribution in [1.29, 1.82) is 0 Å². The van der Waals surface area contributed by atoms with Crippen LogP contribution in [-0.4, -0.2) is 31.2 Å². The summed E-state index contributed by atoms with van der Waals surface area (Å²) in [4.78, 5) is 12.8. The highest BCUT2D eigenvalue weighted by Crippen LogP contribution is 2.28. The number of carbonyl (C=O) groups excluding carboxylic acids is 1. The number of aryl methyl sites for hydroxylation is 2. The highest BCUT2D eigenvalue weighted by Gasteiger charge is 2.39. The number of halogens is 1. The van der Waals surface area contributed by atoms with E-state index in [1.54, 1.807) is 0 Å². The zero-order chi connectivity index (χ0) is 19.0. The minimum absolute atomic E-state index is 0.00105. The number of fused-ring (bicyclic) bond motifs is 1. The molecule has 1 heterocycles. The van der Waals surface area contributed by atoms with Crippen molar-refractivity contribution < 1.29 is 17.6 Å². The lowest BCUT2D eigenvalue weighted by molar-refractivity contribution is -0.119. The second kappa shape index (κ2) is 7.05. The zero-order valence-electron chi connectivity index (χ0n) is 14.8. The number of amides is 1. The van der Waals surface area contributed by atoms with Gasteiger partial charge in [-0.2, -0.15) is 4.31 Å². The fourth-order valence-electron chi connectivity index (χ4n) is 3.91. The fourth-order valence-corrected chi connectivity index (χ4v) is 5.56. The van der Waals surface area contributed by atoms with Crippen LogP contribution in [0.2, 0.25) is 0 Å². The summed E-state index contributed by atoms with van der Waals surface area (Å²) in [5.74, 6) is -0.822. The van der Waals surface area contributed by atoms with Crippen molar-refractivity contribution in [3.63, 3.8) is 0 Å². The molecule has 0 aromatic heterocycles. The van der Waals surface area contributed by atoms with Crippen LogP contribution in [0.5, 0.6) is 0 Å². The van der Waals surface area contributed by atoms with Crippen LogP contribution in [0.1, 0.15) is 30.4 Å². The molecule has 0 bridgehead atoms. The average molecular weight is 388 g/mol. The molecule has 0 saturated carbocycles. The standard InChI is InChI=1S/C20H21FN2O3S/c21-16-7-10-18(11-8-16)27(25,26)23-12-2-5-19(23)20(24)22-17-9-6-14-3-1-4-15(14)13-17/h6-11,13,19H,1-5,12H2,(H,22,24)/t19-/m0/s1. The molecule has 1 aliphatic heterocycles. The van der Waals surface area contributed by atoms with Gasteiger partial charge in [-0.3, -0.25) is 4.79 Å². The monoisotopic (exact) mass is 388 g/mol. The lowest BCUT2D eigenvalue weighted by Crippen LogP contribution is -2.43. The molecular weight excluding hydrogens is 367 g/mol. The Balaban J connectivity index is 1.54. The molecule has 1 saturated heterocycles. The predicted octanol–water partition coefficient (Wildman–Crippen LogP) is 3.11. The third-order valence-electron chi connectivity index (χ3n) is 5.29. The normalized spacial score (nSPS) is 19.8. The minimum atomic E-state index is -3.85. The second-order valence-corrected chi connectivity index (χ2v) is 8.94. The molecule has 1 N–H and O–H groups in total. The second-order valence-electron chi connectivity index (χ2n) is 7.05. The number of rotatable bonds is 4. The van der Waals surface area contributed by atoms with Crippen molar-refractivity contribution in [3.8, 4) is 0 Å². The van der Waals surface area contributed by atoms with E-state index in [9.17, 15) is 17.6 Å². The van der Waals surface area contributed by atoms with Gasteiger partial charge < -0.3 is 5.32 Å². The lowest BCUT2D eigenvalue weighted by atomic mass is 10.1. The van der Waals surface area contributed by atoms with Crippen LogP contribution in [0, 0.1) is 5.82 Å². The van der Waals surface area contributed by atoms with Crippen molar-refractivity contribution in [2.24, 2.45) is 0 Å². The Morgan fingerprint density at radius 2 is 1.78 bits per heavy atom. The SMILES string of the molecule is O=C(Nc1ccc2c(c1)CCC2)[C@@H]1CCCN1S(=O)(=O)c1ccc(F)cc1. The smallest absolute Gasteiger partial charge is 0.243 e. The molecule has 0 spiro atoms. The number of anilines is 1. The van der Waals surface area contributed by atoms with Gasteiger partial charge in [-0.25, -0.2) is 12.8 Å². The van der Waals surface area contributed by atoms with E-state index in [1.807, 2.05) is 18.2 Å². The highest BCUT2D eigenvalue weighted by molar-refractivity contribution is 7.89. The van der Waals surface area contributed by atoms with Gasteiger partial charge in [-0.15, -0.1) is 0 Å². The maximum atomic E-state index is 13.1. The Morgan fingerprint density at radius 3 is 2.56 bits per heavy atom. The molecule has 7 heteroatoms. The molecule has 1 atom stereocenters. The van der Waals surface area contributed by atoms with Crippen molar-refractivity contribution >= 4 is 21.6 Å². The maximum absolute atomic E-state index is 13.1. The van der Waals surface area contributed by atoms with Crippen LogP contribution < -0.4 is 5.32 Å². The van der Waals surface area contributed by atoms with E-state index < -0.39 is 21.9 Å². The number of benzene rings is 2. The molecule has 2 aliphatic rings. The Hall–Kier alpha value is -2.25. The molecule has 0 unspecified atom stereocenters. The summed E-state index contributed by atoms with van der Waals surface area (Å²) < 4.78 is 40.1. The quantitative estimate of drug-likeness (QED) is 0.875. The maximum Gasteiger partial charge on any atom is 0.243 e. The first kappa shape index (κ1) is 18.1. The van der Waals surface area contributed by atoms with E-state index in [-0.39, 0.29) is 17.3 Å². The van der Waals surface area contributed by atoms with Crippen LogP contribution >= 0.6 is 0 Å². The number of hydrogen-bond donors (Lipinski definition) is 1. The minimum Gasteiger partial charge on any atom is -0.325 e. The van der Waals surface area contributed by atoms with E-state index in [4.69, 9.17) is 0 Å². The molecule has 2 aromatic carbocycles. The van der Waals surface area contributed by atoms with E-state index in [0.717, 1.165) is 31.4 Å². The van der Waals surface area contributed by atoms with E-state index in [0.29, 0.717) is 18.5 Å². The summed E-state index contributed by atoms with van der Waals surface area (Å²) in [5, 5.41) is 2.87. The first-order chi connectivity index (χ1) is 12.9. The highest BCUT2D eigenvalue weighted by atomic mass is 32.2. The predicted molar refractivity (Wildman–Crippen MR) is 100 cm³/mol. The summed E-state index contributed by atoms with van der Waals surface area (Å²) in [6.45, 7) is 0.280. The van der Waals surface area contributed by atoms with Crippen molar-refractivity contribution in [3.05, 3.63) is 59.4 Å². The van der Waals surface area contributed by atoms with Gasteiger partial charge in [-0.05, 0) is 79.6 Å². The topological polar surface area (TPSA) is 66.5 Å². The van der Waals surface area contributed by atoms with Crippen molar-refractivity contribution in [1.82, 2.24) is 4.31 Å². The average Bonchev–Trinajstić information content (AvgIpc) is 3.31. The first-order valence-corrected chi connectivity index (χ1v) is 10.6. The summed E-state index contributed by atoms with van der Waals surface area (Å²) in [5.41, 5.74) is 3.26. The van der Waals surface area contributed by atoms with Crippen LogP contribution in [0.25, 0.3) is 0 Å². The fraction of sp³-hybridized carbons (Fsp3) is 0.350. The van der Waals surface area contributed by atoms with Gasteiger partial charge in [0.25, 0.3) is 0 Å². The number of hydrogen-bond acceptors (Lipinski definition) is 3. The molecule has 0 radical (unpaired) electrons. The third kappa shape index (κ3) is 3.49. The summed E-state index contributed by atoms with van der Waals surface area (Å²) in [6.07, 6.45) is 4.28. The van der Waals surface area contributed by atoms with Crippen LogP contribution in [-0.2, 0) is 27.7 Å². The molecule has 1 fully saturated rings. The summed E-state index contributed by atoms with van der Waals surface area (Å²) in [7, 11) is -3.85. The van der Waals surface area contributed by atoms with Crippen LogP contribution in [0.4, 0.5) is 10.1 Å².